The van der Waals surface area contributed by atoms with Crippen molar-refractivity contribution in [3.63, 3.8) is 0 Å². The molecule has 130 valence electrons. The molecule has 0 radical (unpaired) electrons. The zero-order valence-corrected chi connectivity index (χ0v) is 15.2. The highest BCUT2D eigenvalue weighted by Gasteiger charge is 2.37. The third-order valence-electron chi connectivity index (χ3n) is 6.79. The van der Waals surface area contributed by atoms with E-state index in [1.54, 1.807) is 0 Å². The van der Waals surface area contributed by atoms with E-state index < -0.39 is 5.67 Å². The third kappa shape index (κ3) is 5.53. The molecule has 0 aromatic rings. The smallest absolute Gasteiger partial charge is 0.111 e. The van der Waals surface area contributed by atoms with E-state index in [1.165, 1.54) is 70.6 Å². The van der Waals surface area contributed by atoms with Crippen molar-refractivity contribution in [1.82, 2.24) is 0 Å². The molecule has 0 heterocycles. The second kappa shape index (κ2) is 9.28. The first-order chi connectivity index (χ1) is 10.7. The van der Waals surface area contributed by atoms with Gasteiger partial charge in [0, 0.05) is 0 Å². The maximum atomic E-state index is 14.9. The average molecular weight is 311 g/mol. The Balaban J connectivity index is 1.64. The molecule has 0 unspecified atom stereocenters. The summed E-state index contributed by atoms with van der Waals surface area (Å²) in [6, 6.07) is 0. The number of alkyl halides is 1. The number of halogens is 1. The van der Waals surface area contributed by atoms with E-state index in [-0.39, 0.29) is 0 Å². The van der Waals surface area contributed by atoms with Crippen LogP contribution in [0.4, 0.5) is 4.39 Å². The molecule has 2 saturated carbocycles. The van der Waals surface area contributed by atoms with Gasteiger partial charge in [-0.15, -0.1) is 0 Å². The second-order valence-corrected chi connectivity index (χ2v) is 8.34. The Labute approximate surface area is 138 Å². The van der Waals surface area contributed by atoms with Crippen LogP contribution in [0.1, 0.15) is 110 Å². The van der Waals surface area contributed by atoms with Crippen molar-refractivity contribution in [2.45, 2.75) is 116 Å². The predicted octanol–water partition coefficient (Wildman–Crippen LogP) is 7.46. The van der Waals surface area contributed by atoms with Gasteiger partial charge in [0.15, 0.2) is 0 Å². The van der Waals surface area contributed by atoms with E-state index >= 15 is 0 Å². The Morgan fingerprint density at radius 2 is 1.36 bits per heavy atom. The Morgan fingerprint density at radius 3 is 1.95 bits per heavy atom. The van der Waals surface area contributed by atoms with Crippen LogP contribution in [0, 0.1) is 17.8 Å². The molecule has 2 aliphatic carbocycles. The molecule has 0 saturated heterocycles. The fourth-order valence-corrected chi connectivity index (χ4v) is 4.99. The number of rotatable bonds is 8. The molecule has 0 N–H and O–H groups in total. The maximum Gasteiger partial charge on any atom is 0.111 e. The topological polar surface area (TPSA) is 0 Å². The molecule has 2 rings (SSSR count). The molecule has 2 aliphatic rings. The van der Waals surface area contributed by atoms with Crippen LogP contribution in [0.3, 0.4) is 0 Å². The molecule has 0 amide bonds. The molecular weight excluding hydrogens is 271 g/mol. The molecule has 0 atom stereocenters. The SMILES string of the molecule is CCCCCCCC1(F)CCC(C2CCC(CC)CC2)CC1. The first kappa shape index (κ1) is 18.3. The number of hydrogen-bond donors (Lipinski definition) is 0. The molecule has 1 heteroatoms. The van der Waals surface area contributed by atoms with Gasteiger partial charge in [-0.1, -0.05) is 65.2 Å². The molecule has 0 spiro atoms. The number of hydrogen-bond acceptors (Lipinski definition) is 0. The van der Waals surface area contributed by atoms with Gasteiger partial charge in [0.1, 0.15) is 5.67 Å². The number of unbranched alkanes of at least 4 members (excludes halogenated alkanes) is 4. The lowest BCUT2D eigenvalue weighted by Gasteiger charge is -2.40. The van der Waals surface area contributed by atoms with Gasteiger partial charge in [-0.05, 0) is 62.7 Å². The van der Waals surface area contributed by atoms with Crippen LogP contribution in [0.25, 0.3) is 0 Å². The Hall–Kier alpha value is -0.0700. The minimum absolute atomic E-state index is 0.802. The summed E-state index contributed by atoms with van der Waals surface area (Å²) < 4.78 is 14.9. The van der Waals surface area contributed by atoms with Crippen LogP contribution in [-0.4, -0.2) is 5.67 Å². The molecule has 0 aromatic heterocycles. The summed E-state index contributed by atoms with van der Waals surface area (Å²) in [6.45, 7) is 4.58. The monoisotopic (exact) mass is 310 g/mol. The van der Waals surface area contributed by atoms with Crippen molar-refractivity contribution in [3.8, 4) is 0 Å². The second-order valence-electron chi connectivity index (χ2n) is 8.34. The lowest BCUT2D eigenvalue weighted by atomic mass is 9.67. The summed E-state index contributed by atoms with van der Waals surface area (Å²) in [5, 5.41) is 0. The van der Waals surface area contributed by atoms with Gasteiger partial charge in [-0.2, -0.15) is 0 Å². The molecule has 22 heavy (non-hydrogen) atoms. The first-order valence-electron chi connectivity index (χ1n) is 10.4. The molecule has 0 aliphatic heterocycles. The fourth-order valence-electron chi connectivity index (χ4n) is 4.99. The van der Waals surface area contributed by atoms with E-state index in [9.17, 15) is 4.39 Å². The van der Waals surface area contributed by atoms with Gasteiger partial charge >= 0.3 is 0 Å². The van der Waals surface area contributed by atoms with Crippen molar-refractivity contribution in [1.29, 1.82) is 0 Å². The summed E-state index contributed by atoms with van der Waals surface area (Å²) in [6.07, 6.45) is 18.3. The highest BCUT2D eigenvalue weighted by Crippen LogP contribution is 2.45. The van der Waals surface area contributed by atoms with E-state index in [2.05, 4.69) is 13.8 Å². The van der Waals surface area contributed by atoms with E-state index in [4.69, 9.17) is 0 Å². The molecule has 0 bridgehead atoms. The predicted molar refractivity (Wildman–Crippen MR) is 94.9 cm³/mol. The van der Waals surface area contributed by atoms with Crippen molar-refractivity contribution >= 4 is 0 Å². The molecule has 0 nitrogen and oxygen atoms in total. The van der Waals surface area contributed by atoms with Crippen molar-refractivity contribution in [2.24, 2.45) is 17.8 Å². The van der Waals surface area contributed by atoms with Gasteiger partial charge in [0.2, 0.25) is 0 Å². The quantitative estimate of drug-likeness (QED) is 0.408. The minimum Gasteiger partial charge on any atom is -0.244 e. The third-order valence-corrected chi connectivity index (χ3v) is 6.79. The molecule has 0 aromatic carbocycles. The largest absolute Gasteiger partial charge is 0.244 e. The summed E-state index contributed by atoms with van der Waals surface area (Å²) in [5.41, 5.74) is -0.802. The fraction of sp³-hybridized carbons (Fsp3) is 1.00. The zero-order valence-electron chi connectivity index (χ0n) is 15.2. The van der Waals surface area contributed by atoms with Crippen molar-refractivity contribution < 1.29 is 4.39 Å². The van der Waals surface area contributed by atoms with Crippen LogP contribution in [0.2, 0.25) is 0 Å². The summed E-state index contributed by atoms with van der Waals surface area (Å²) in [7, 11) is 0. The van der Waals surface area contributed by atoms with Crippen LogP contribution in [-0.2, 0) is 0 Å². The van der Waals surface area contributed by atoms with Crippen LogP contribution < -0.4 is 0 Å². The van der Waals surface area contributed by atoms with Gasteiger partial charge in [0.05, 0.1) is 0 Å². The van der Waals surface area contributed by atoms with Gasteiger partial charge in [-0.25, -0.2) is 4.39 Å². The lowest BCUT2D eigenvalue weighted by molar-refractivity contribution is 0.0458. The Bertz CT molecular complexity index is 282. The Morgan fingerprint density at radius 1 is 0.773 bits per heavy atom. The van der Waals surface area contributed by atoms with Crippen molar-refractivity contribution in [2.75, 3.05) is 0 Å². The maximum absolute atomic E-state index is 14.9. The summed E-state index contributed by atoms with van der Waals surface area (Å²) in [4.78, 5) is 0. The van der Waals surface area contributed by atoms with Gasteiger partial charge in [-0.3, -0.25) is 0 Å². The highest BCUT2D eigenvalue weighted by molar-refractivity contribution is 4.89. The molecule has 2 fully saturated rings. The zero-order chi connectivity index (χ0) is 15.8. The standard InChI is InChI=1S/C21H39F/c1-3-5-6-7-8-15-21(22)16-13-20(14-17-21)19-11-9-18(4-2)10-12-19/h18-20H,3-17H2,1-2H3. The summed E-state index contributed by atoms with van der Waals surface area (Å²) in [5.74, 6) is 2.77. The first-order valence-corrected chi connectivity index (χ1v) is 10.4. The van der Waals surface area contributed by atoms with Crippen molar-refractivity contribution in [3.05, 3.63) is 0 Å². The average Bonchev–Trinajstić information content (AvgIpc) is 2.55. The lowest BCUT2D eigenvalue weighted by Crippen LogP contribution is -2.33. The normalized spacial score (nSPS) is 36.4. The van der Waals surface area contributed by atoms with Crippen LogP contribution in [0.5, 0.6) is 0 Å². The minimum atomic E-state index is -0.802. The van der Waals surface area contributed by atoms with Crippen LogP contribution in [0.15, 0.2) is 0 Å². The summed E-state index contributed by atoms with van der Waals surface area (Å²) >= 11 is 0. The van der Waals surface area contributed by atoms with Crippen LogP contribution >= 0.6 is 0 Å². The van der Waals surface area contributed by atoms with Gasteiger partial charge in [0.25, 0.3) is 0 Å². The van der Waals surface area contributed by atoms with E-state index in [0.717, 1.165) is 43.4 Å². The molecular formula is C21H39F. The Kier molecular flexibility index (Phi) is 7.71. The van der Waals surface area contributed by atoms with E-state index in [1.807, 2.05) is 0 Å². The van der Waals surface area contributed by atoms with Gasteiger partial charge < -0.3 is 0 Å². The van der Waals surface area contributed by atoms with E-state index in [0.29, 0.717) is 0 Å². The highest BCUT2D eigenvalue weighted by atomic mass is 19.1.